The number of nitrogens with zero attached hydrogens (tertiary/aromatic N) is 1. The zero-order valence-corrected chi connectivity index (χ0v) is 12.6. The standard InChI is InChI=1S/C14H27N3O3/c1-3-14(4-2,13(19)20)11-16-12(18)10-17-8-5-6-15-7-9-17/h15H,3-11H2,1-2H3,(H,16,18)(H,19,20). The number of rotatable bonds is 7. The van der Waals surface area contributed by atoms with Crippen molar-refractivity contribution in [3.63, 3.8) is 0 Å². The Morgan fingerprint density at radius 3 is 2.55 bits per heavy atom. The molecule has 116 valence electrons. The maximum atomic E-state index is 12.0. The molecule has 0 bridgehead atoms. The fourth-order valence-electron chi connectivity index (χ4n) is 2.46. The van der Waals surface area contributed by atoms with E-state index in [0.29, 0.717) is 19.4 Å². The van der Waals surface area contributed by atoms with Crippen LogP contribution in [-0.4, -0.2) is 61.2 Å². The van der Waals surface area contributed by atoms with Gasteiger partial charge in [0.15, 0.2) is 0 Å². The van der Waals surface area contributed by atoms with Gasteiger partial charge in [0.25, 0.3) is 0 Å². The molecule has 0 saturated carbocycles. The Hall–Kier alpha value is -1.14. The molecular weight excluding hydrogens is 258 g/mol. The van der Waals surface area contributed by atoms with E-state index in [1.165, 1.54) is 0 Å². The van der Waals surface area contributed by atoms with Gasteiger partial charge in [-0.05, 0) is 32.4 Å². The Labute approximate surface area is 120 Å². The van der Waals surface area contributed by atoms with Crippen molar-refractivity contribution < 1.29 is 14.7 Å². The number of carboxylic acid groups (broad SMARTS) is 1. The van der Waals surface area contributed by atoms with Crippen LogP contribution in [0, 0.1) is 5.41 Å². The predicted molar refractivity (Wildman–Crippen MR) is 77.6 cm³/mol. The van der Waals surface area contributed by atoms with Crippen LogP contribution in [0.1, 0.15) is 33.1 Å². The van der Waals surface area contributed by atoms with E-state index >= 15 is 0 Å². The van der Waals surface area contributed by atoms with Gasteiger partial charge in [-0.2, -0.15) is 0 Å². The zero-order valence-electron chi connectivity index (χ0n) is 12.6. The highest BCUT2D eigenvalue weighted by Crippen LogP contribution is 2.25. The summed E-state index contributed by atoms with van der Waals surface area (Å²) in [6.07, 6.45) is 2.08. The van der Waals surface area contributed by atoms with Gasteiger partial charge in [0.2, 0.25) is 5.91 Å². The van der Waals surface area contributed by atoms with Gasteiger partial charge in [-0.15, -0.1) is 0 Å². The van der Waals surface area contributed by atoms with Gasteiger partial charge in [0, 0.05) is 19.6 Å². The highest BCUT2D eigenvalue weighted by Gasteiger charge is 2.35. The van der Waals surface area contributed by atoms with E-state index in [1.54, 1.807) is 0 Å². The second kappa shape index (κ2) is 8.21. The summed E-state index contributed by atoms with van der Waals surface area (Å²) < 4.78 is 0. The van der Waals surface area contributed by atoms with E-state index in [4.69, 9.17) is 0 Å². The number of nitrogens with one attached hydrogen (secondary N) is 2. The second-order valence-corrected chi connectivity index (χ2v) is 5.45. The predicted octanol–water partition coefficient (Wildman–Crippen LogP) is 0.289. The molecule has 0 aromatic heterocycles. The van der Waals surface area contributed by atoms with E-state index in [2.05, 4.69) is 15.5 Å². The molecule has 1 aliphatic heterocycles. The molecule has 1 fully saturated rings. The summed E-state index contributed by atoms with van der Waals surface area (Å²) in [6, 6.07) is 0. The fourth-order valence-corrected chi connectivity index (χ4v) is 2.46. The molecule has 0 aromatic rings. The van der Waals surface area contributed by atoms with Crippen LogP contribution in [0.5, 0.6) is 0 Å². The molecule has 0 aliphatic carbocycles. The molecule has 0 spiro atoms. The van der Waals surface area contributed by atoms with Gasteiger partial charge in [-0.1, -0.05) is 13.8 Å². The third-order valence-electron chi connectivity index (χ3n) is 4.23. The number of carbonyl (C=O) groups excluding carboxylic acids is 1. The lowest BCUT2D eigenvalue weighted by atomic mass is 9.82. The van der Waals surface area contributed by atoms with Crippen LogP contribution < -0.4 is 10.6 Å². The van der Waals surface area contributed by atoms with Crippen LogP contribution >= 0.6 is 0 Å². The molecule has 1 aliphatic rings. The summed E-state index contributed by atoms with van der Waals surface area (Å²) in [7, 11) is 0. The molecule has 0 radical (unpaired) electrons. The first-order chi connectivity index (χ1) is 9.54. The Morgan fingerprint density at radius 2 is 1.95 bits per heavy atom. The van der Waals surface area contributed by atoms with Crippen LogP contribution in [0.15, 0.2) is 0 Å². The van der Waals surface area contributed by atoms with Gasteiger partial charge >= 0.3 is 5.97 Å². The lowest BCUT2D eigenvalue weighted by molar-refractivity contribution is -0.149. The summed E-state index contributed by atoms with van der Waals surface area (Å²) in [5.74, 6) is -0.916. The van der Waals surface area contributed by atoms with Gasteiger partial charge < -0.3 is 15.7 Å². The molecule has 0 atom stereocenters. The smallest absolute Gasteiger partial charge is 0.311 e. The normalized spacial score (nSPS) is 17.5. The van der Waals surface area contributed by atoms with Crippen LogP contribution in [0.4, 0.5) is 0 Å². The SMILES string of the molecule is CCC(CC)(CNC(=O)CN1CCCNCC1)C(=O)O. The molecule has 1 amide bonds. The largest absolute Gasteiger partial charge is 0.481 e. The molecule has 0 aromatic carbocycles. The van der Waals surface area contributed by atoms with Gasteiger partial charge in [0.05, 0.1) is 12.0 Å². The lowest BCUT2D eigenvalue weighted by Crippen LogP contribution is -2.46. The molecule has 3 N–H and O–H groups in total. The van der Waals surface area contributed by atoms with Crippen molar-refractivity contribution in [1.82, 2.24) is 15.5 Å². The Morgan fingerprint density at radius 1 is 1.25 bits per heavy atom. The Bertz CT molecular complexity index is 322. The molecule has 6 heteroatoms. The van der Waals surface area contributed by atoms with Crippen molar-refractivity contribution in [1.29, 1.82) is 0 Å². The van der Waals surface area contributed by atoms with Crippen LogP contribution in [0.25, 0.3) is 0 Å². The minimum absolute atomic E-state index is 0.0839. The third kappa shape index (κ3) is 4.76. The van der Waals surface area contributed by atoms with E-state index < -0.39 is 11.4 Å². The van der Waals surface area contributed by atoms with Crippen molar-refractivity contribution in [3.8, 4) is 0 Å². The maximum Gasteiger partial charge on any atom is 0.311 e. The van der Waals surface area contributed by atoms with Crippen molar-refractivity contribution in [2.75, 3.05) is 39.3 Å². The zero-order chi connectivity index (χ0) is 15.0. The fraction of sp³-hybridized carbons (Fsp3) is 0.857. The first-order valence-corrected chi connectivity index (χ1v) is 7.47. The summed E-state index contributed by atoms with van der Waals surface area (Å²) in [5, 5.41) is 15.4. The Balaban J connectivity index is 2.43. The topological polar surface area (TPSA) is 81.7 Å². The minimum atomic E-state index is -0.837. The van der Waals surface area contributed by atoms with Crippen LogP contribution in [0.3, 0.4) is 0 Å². The number of hydrogen-bond acceptors (Lipinski definition) is 4. The van der Waals surface area contributed by atoms with Gasteiger partial charge in [0.1, 0.15) is 0 Å². The first-order valence-electron chi connectivity index (χ1n) is 7.47. The second-order valence-electron chi connectivity index (χ2n) is 5.45. The molecule has 20 heavy (non-hydrogen) atoms. The van der Waals surface area contributed by atoms with Crippen molar-refractivity contribution in [3.05, 3.63) is 0 Å². The minimum Gasteiger partial charge on any atom is -0.481 e. The summed E-state index contributed by atoms with van der Waals surface area (Å²) >= 11 is 0. The summed E-state index contributed by atoms with van der Waals surface area (Å²) in [6.45, 7) is 7.92. The first kappa shape index (κ1) is 16.9. The van der Waals surface area contributed by atoms with E-state index in [9.17, 15) is 14.7 Å². The summed E-state index contributed by atoms with van der Waals surface area (Å²) in [4.78, 5) is 25.4. The van der Waals surface area contributed by atoms with Crippen molar-refractivity contribution in [2.45, 2.75) is 33.1 Å². The van der Waals surface area contributed by atoms with Crippen molar-refractivity contribution in [2.24, 2.45) is 5.41 Å². The number of carboxylic acids is 1. The number of hydrogen-bond donors (Lipinski definition) is 3. The number of amides is 1. The van der Waals surface area contributed by atoms with Gasteiger partial charge in [-0.25, -0.2) is 0 Å². The lowest BCUT2D eigenvalue weighted by Gasteiger charge is -2.27. The van der Waals surface area contributed by atoms with Crippen LogP contribution in [-0.2, 0) is 9.59 Å². The monoisotopic (exact) mass is 285 g/mol. The van der Waals surface area contributed by atoms with E-state index in [-0.39, 0.29) is 12.5 Å². The molecular formula is C14H27N3O3. The maximum absolute atomic E-state index is 12.0. The molecule has 6 nitrogen and oxygen atoms in total. The molecule has 1 rings (SSSR count). The molecule has 1 saturated heterocycles. The van der Waals surface area contributed by atoms with E-state index in [1.807, 2.05) is 13.8 Å². The van der Waals surface area contributed by atoms with Gasteiger partial charge in [-0.3, -0.25) is 14.5 Å². The highest BCUT2D eigenvalue weighted by molar-refractivity contribution is 5.80. The number of carbonyl (C=O) groups is 2. The average molecular weight is 285 g/mol. The van der Waals surface area contributed by atoms with Crippen LogP contribution in [0.2, 0.25) is 0 Å². The average Bonchev–Trinajstić information content (AvgIpc) is 2.69. The Kier molecular flexibility index (Phi) is 6.95. The van der Waals surface area contributed by atoms with E-state index in [0.717, 1.165) is 32.6 Å². The number of aliphatic carboxylic acids is 1. The third-order valence-corrected chi connectivity index (χ3v) is 4.23. The molecule has 1 heterocycles. The van der Waals surface area contributed by atoms with Crippen molar-refractivity contribution >= 4 is 11.9 Å². The quantitative estimate of drug-likeness (QED) is 0.626. The molecule has 0 unspecified atom stereocenters. The highest BCUT2D eigenvalue weighted by atomic mass is 16.4. The summed E-state index contributed by atoms with van der Waals surface area (Å²) in [5.41, 5.74) is -0.837.